The Morgan fingerprint density at radius 2 is 1.90 bits per heavy atom. The number of hydrogen-bond acceptors (Lipinski definition) is 5. The van der Waals surface area contributed by atoms with Crippen LogP contribution >= 0.6 is 11.6 Å². The molecule has 166 valence electrons. The molecule has 31 heavy (non-hydrogen) atoms. The van der Waals surface area contributed by atoms with Crippen molar-refractivity contribution in [1.82, 2.24) is 15.8 Å². The van der Waals surface area contributed by atoms with Crippen molar-refractivity contribution in [2.24, 2.45) is 5.92 Å². The minimum atomic E-state index is -0.165. The average molecular weight is 443 g/mol. The van der Waals surface area contributed by atoms with Crippen molar-refractivity contribution in [3.05, 3.63) is 58.1 Å². The summed E-state index contributed by atoms with van der Waals surface area (Å²) < 4.78 is 5.54. The van der Waals surface area contributed by atoms with Crippen LogP contribution < -0.4 is 20.5 Å². The third-order valence-corrected chi connectivity index (χ3v) is 6.51. The van der Waals surface area contributed by atoms with E-state index in [2.05, 4.69) is 47.8 Å². The lowest BCUT2D eigenvalue weighted by molar-refractivity contribution is -0.135. The summed E-state index contributed by atoms with van der Waals surface area (Å²) in [4.78, 5) is 17.8. The van der Waals surface area contributed by atoms with Crippen LogP contribution in [-0.4, -0.2) is 50.1 Å². The molecule has 2 heterocycles. The number of hydrogen-bond donors (Lipinski definition) is 2. The molecular formula is C24H31ClN4O2. The van der Waals surface area contributed by atoms with Crippen molar-refractivity contribution in [3.8, 4) is 5.75 Å². The van der Waals surface area contributed by atoms with Gasteiger partial charge in [-0.1, -0.05) is 29.8 Å². The summed E-state index contributed by atoms with van der Waals surface area (Å²) in [6, 6.07) is 12.2. The Hall–Kier alpha value is -2.28. The number of benzene rings is 2. The van der Waals surface area contributed by atoms with E-state index in [4.69, 9.17) is 16.3 Å². The molecule has 4 rings (SSSR count). The minimum Gasteiger partial charge on any atom is -0.492 e. The fourth-order valence-electron chi connectivity index (χ4n) is 4.49. The van der Waals surface area contributed by atoms with Gasteiger partial charge < -0.3 is 14.5 Å². The number of carbonyl (C=O) groups is 1. The zero-order chi connectivity index (χ0) is 22.0. The Bertz CT molecular complexity index is 943. The number of ether oxygens (including phenoxy) is 1. The fourth-order valence-corrected chi connectivity index (χ4v) is 4.73. The number of piperazine rings is 1. The largest absolute Gasteiger partial charge is 0.492 e. The van der Waals surface area contributed by atoms with Gasteiger partial charge in [-0.25, -0.2) is 5.43 Å². The van der Waals surface area contributed by atoms with E-state index < -0.39 is 0 Å². The van der Waals surface area contributed by atoms with Gasteiger partial charge in [-0.15, -0.1) is 0 Å². The highest BCUT2D eigenvalue weighted by molar-refractivity contribution is 6.32. The number of amides is 1. The zero-order valence-corrected chi connectivity index (χ0v) is 19.2. The van der Waals surface area contributed by atoms with E-state index in [9.17, 15) is 4.79 Å². The second-order valence-electron chi connectivity index (χ2n) is 8.33. The molecular weight excluding hydrogens is 412 g/mol. The Morgan fingerprint density at radius 3 is 2.61 bits per heavy atom. The molecule has 2 aliphatic rings. The van der Waals surface area contributed by atoms with Crippen LogP contribution in [-0.2, 0) is 4.79 Å². The first-order valence-electron chi connectivity index (χ1n) is 11.0. The predicted molar refractivity (Wildman–Crippen MR) is 125 cm³/mol. The van der Waals surface area contributed by atoms with Crippen LogP contribution in [0.2, 0.25) is 5.02 Å². The molecule has 0 bridgehead atoms. The van der Waals surface area contributed by atoms with Crippen molar-refractivity contribution in [2.75, 3.05) is 44.2 Å². The van der Waals surface area contributed by atoms with Crippen LogP contribution in [0.25, 0.3) is 0 Å². The smallest absolute Gasteiger partial charge is 0.229 e. The molecule has 0 saturated carbocycles. The topological polar surface area (TPSA) is 56.8 Å². The number of nitrogens with zero attached hydrogens (tertiary/aromatic N) is 2. The van der Waals surface area contributed by atoms with Crippen LogP contribution in [0.1, 0.15) is 29.7 Å². The first-order valence-corrected chi connectivity index (χ1v) is 11.4. The Kier molecular flexibility index (Phi) is 6.70. The van der Waals surface area contributed by atoms with E-state index in [1.54, 1.807) is 0 Å². The summed E-state index contributed by atoms with van der Waals surface area (Å²) >= 11 is 6.39. The lowest BCUT2D eigenvalue weighted by atomic mass is 9.93. The van der Waals surface area contributed by atoms with E-state index in [1.807, 2.05) is 30.0 Å². The Balaban J connectivity index is 1.42. The zero-order valence-electron chi connectivity index (χ0n) is 18.5. The molecule has 7 heteroatoms. The lowest BCUT2D eigenvalue weighted by Gasteiger charge is -2.38. The molecule has 1 amide bonds. The summed E-state index contributed by atoms with van der Waals surface area (Å²) in [6.07, 6.45) is 0. The monoisotopic (exact) mass is 442 g/mol. The third-order valence-electron chi connectivity index (χ3n) is 6.21. The number of aryl methyl sites for hydroxylation is 2. The predicted octanol–water partition coefficient (Wildman–Crippen LogP) is 3.47. The molecule has 2 aliphatic heterocycles. The van der Waals surface area contributed by atoms with Gasteiger partial charge in [0.15, 0.2) is 0 Å². The van der Waals surface area contributed by atoms with Gasteiger partial charge in [0.1, 0.15) is 5.75 Å². The van der Waals surface area contributed by atoms with Crippen molar-refractivity contribution < 1.29 is 9.53 Å². The lowest BCUT2D eigenvalue weighted by Crippen LogP contribution is -2.51. The van der Waals surface area contributed by atoms with Gasteiger partial charge >= 0.3 is 0 Å². The van der Waals surface area contributed by atoms with Gasteiger partial charge in [0.05, 0.1) is 23.6 Å². The first kappa shape index (κ1) is 21.9. The maximum Gasteiger partial charge on any atom is 0.229 e. The van der Waals surface area contributed by atoms with Gasteiger partial charge in [-0.2, -0.15) is 0 Å². The van der Waals surface area contributed by atoms with Gasteiger partial charge in [-0.3, -0.25) is 10.2 Å². The number of rotatable bonds is 5. The molecule has 0 spiro atoms. The summed E-state index contributed by atoms with van der Waals surface area (Å²) in [6.45, 7) is 10.5. The van der Waals surface area contributed by atoms with Crippen molar-refractivity contribution in [3.63, 3.8) is 0 Å². The SMILES string of the molecule is CCOc1ccc(C2NNCC2C(=O)N2CCN(c3cc(C)ccc3C)CC2)cc1Cl. The van der Waals surface area contributed by atoms with Gasteiger partial charge in [0.25, 0.3) is 0 Å². The van der Waals surface area contributed by atoms with Crippen LogP contribution in [0.4, 0.5) is 5.69 Å². The maximum atomic E-state index is 13.4. The van der Waals surface area contributed by atoms with Gasteiger partial charge in [0.2, 0.25) is 5.91 Å². The summed E-state index contributed by atoms with van der Waals surface area (Å²) in [5.74, 6) is 0.693. The Labute approximate surface area is 189 Å². The third kappa shape index (κ3) is 4.66. The van der Waals surface area contributed by atoms with E-state index in [-0.39, 0.29) is 17.9 Å². The minimum absolute atomic E-state index is 0.113. The number of anilines is 1. The van der Waals surface area contributed by atoms with E-state index in [0.29, 0.717) is 23.9 Å². The quantitative estimate of drug-likeness (QED) is 0.742. The number of nitrogens with one attached hydrogen (secondary N) is 2. The molecule has 2 N–H and O–H groups in total. The van der Waals surface area contributed by atoms with E-state index in [1.165, 1.54) is 16.8 Å². The van der Waals surface area contributed by atoms with Crippen molar-refractivity contribution in [2.45, 2.75) is 26.8 Å². The molecule has 2 unspecified atom stereocenters. The summed E-state index contributed by atoms with van der Waals surface area (Å²) in [5, 5.41) is 0.571. The van der Waals surface area contributed by atoms with Crippen LogP contribution in [0.3, 0.4) is 0 Å². The molecule has 0 aliphatic carbocycles. The molecule has 0 radical (unpaired) electrons. The number of hydrazine groups is 1. The highest BCUT2D eigenvalue weighted by atomic mass is 35.5. The second-order valence-corrected chi connectivity index (χ2v) is 8.74. The fraction of sp³-hybridized carbons (Fsp3) is 0.458. The second kappa shape index (κ2) is 9.47. The molecule has 2 aromatic rings. The maximum absolute atomic E-state index is 13.4. The normalized spacial score (nSPS) is 21.4. The highest BCUT2D eigenvalue weighted by Crippen LogP contribution is 2.33. The summed E-state index contributed by atoms with van der Waals surface area (Å²) in [5.41, 5.74) is 11.2. The molecule has 2 fully saturated rings. The van der Waals surface area contributed by atoms with Gasteiger partial charge in [-0.05, 0) is 55.7 Å². The number of halogens is 1. The summed E-state index contributed by atoms with van der Waals surface area (Å²) in [7, 11) is 0. The molecule has 6 nitrogen and oxygen atoms in total. The van der Waals surface area contributed by atoms with E-state index in [0.717, 1.165) is 31.7 Å². The standard InChI is InChI=1S/C24H31ClN4O2/c1-4-31-22-8-7-18(14-20(22)25)23-19(15-26-27-23)24(30)29-11-9-28(10-12-29)21-13-16(2)5-6-17(21)3/h5-8,13-14,19,23,26-27H,4,9-12,15H2,1-3H3. The number of carbonyl (C=O) groups excluding carboxylic acids is 1. The van der Waals surface area contributed by atoms with Gasteiger partial charge in [0, 0.05) is 38.4 Å². The highest BCUT2D eigenvalue weighted by Gasteiger charge is 2.37. The van der Waals surface area contributed by atoms with Crippen molar-refractivity contribution in [1.29, 1.82) is 0 Å². The van der Waals surface area contributed by atoms with Crippen LogP contribution in [0.5, 0.6) is 5.75 Å². The average Bonchev–Trinajstić information content (AvgIpc) is 3.26. The van der Waals surface area contributed by atoms with E-state index >= 15 is 0 Å². The van der Waals surface area contributed by atoms with Crippen molar-refractivity contribution >= 4 is 23.2 Å². The molecule has 2 atom stereocenters. The first-order chi connectivity index (χ1) is 15.0. The molecule has 2 aromatic carbocycles. The molecule has 0 aromatic heterocycles. The van der Waals surface area contributed by atoms with Crippen LogP contribution in [0.15, 0.2) is 36.4 Å². The Morgan fingerprint density at radius 1 is 1.13 bits per heavy atom. The van der Waals surface area contributed by atoms with Crippen LogP contribution in [0, 0.1) is 19.8 Å². The molecule has 2 saturated heterocycles.